The zero-order chi connectivity index (χ0) is 13.0. The van der Waals surface area contributed by atoms with Gasteiger partial charge >= 0.3 is 0 Å². The molecule has 100 valence electrons. The predicted octanol–water partition coefficient (Wildman–Crippen LogP) is 3.80. The Labute approximate surface area is 114 Å². The summed E-state index contributed by atoms with van der Waals surface area (Å²) in [5.74, 6) is 0.439. The molecule has 1 aliphatic rings. The van der Waals surface area contributed by atoms with E-state index < -0.39 is 0 Å². The summed E-state index contributed by atoms with van der Waals surface area (Å²) < 4.78 is 13.1. The molecule has 1 unspecified atom stereocenters. The molecule has 1 atom stereocenters. The summed E-state index contributed by atoms with van der Waals surface area (Å²) in [5, 5.41) is 4.32. The van der Waals surface area contributed by atoms with E-state index >= 15 is 0 Å². The van der Waals surface area contributed by atoms with Crippen LogP contribution in [0.5, 0.6) is 0 Å². The fraction of sp³-hybridized carbons (Fsp3) is 0.600. The van der Waals surface area contributed by atoms with Gasteiger partial charge in [0.15, 0.2) is 0 Å². The van der Waals surface area contributed by atoms with E-state index in [1.165, 1.54) is 12.5 Å². The summed E-state index contributed by atoms with van der Waals surface area (Å²) in [6.07, 6.45) is 5.69. The van der Waals surface area contributed by atoms with Gasteiger partial charge in [-0.3, -0.25) is 0 Å². The van der Waals surface area contributed by atoms with E-state index in [-0.39, 0.29) is 5.82 Å². The van der Waals surface area contributed by atoms with Crippen molar-refractivity contribution in [1.29, 1.82) is 0 Å². The Kier molecular flexibility index (Phi) is 5.07. The smallest absolute Gasteiger partial charge is 0.123 e. The van der Waals surface area contributed by atoms with Crippen molar-refractivity contribution in [2.24, 2.45) is 0 Å². The van der Waals surface area contributed by atoms with Crippen LogP contribution in [0, 0.1) is 5.82 Å². The Morgan fingerprint density at radius 3 is 2.89 bits per heavy atom. The Bertz CT molecular complexity index is 377. The van der Waals surface area contributed by atoms with Crippen molar-refractivity contribution in [3.05, 3.63) is 35.6 Å². The van der Waals surface area contributed by atoms with Crippen LogP contribution in [0.25, 0.3) is 0 Å². The normalized spacial score (nSPS) is 24.6. The first kappa shape index (κ1) is 13.9. The van der Waals surface area contributed by atoms with Crippen molar-refractivity contribution in [3.63, 3.8) is 0 Å². The molecule has 1 fully saturated rings. The minimum absolute atomic E-state index is 0.113. The first-order valence-corrected chi connectivity index (χ1v) is 7.99. The van der Waals surface area contributed by atoms with Crippen LogP contribution in [-0.4, -0.2) is 24.1 Å². The molecule has 0 radical (unpaired) electrons. The molecule has 0 amide bonds. The molecule has 0 spiro atoms. The second-order valence-electron chi connectivity index (χ2n) is 5.21. The second kappa shape index (κ2) is 6.58. The fourth-order valence-corrected chi connectivity index (χ4v) is 2.78. The monoisotopic (exact) mass is 267 g/mol. The molecule has 2 rings (SSSR count). The van der Waals surface area contributed by atoms with Crippen LogP contribution in [-0.2, 0) is 0 Å². The van der Waals surface area contributed by atoms with Crippen LogP contribution < -0.4 is 5.32 Å². The van der Waals surface area contributed by atoms with Crippen molar-refractivity contribution in [3.8, 4) is 0 Å². The molecule has 3 heteroatoms. The molecular weight excluding hydrogens is 245 g/mol. The van der Waals surface area contributed by atoms with Crippen LogP contribution >= 0.6 is 11.8 Å². The van der Waals surface area contributed by atoms with Crippen LogP contribution in [0.15, 0.2) is 24.3 Å². The Hall–Kier alpha value is -0.540. The number of rotatable bonds is 6. The lowest BCUT2D eigenvalue weighted by molar-refractivity contribution is 0.290. The molecule has 1 aromatic rings. The zero-order valence-corrected chi connectivity index (χ0v) is 12.0. The minimum atomic E-state index is -0.113. The average molecular weight is 267 g/mol. The number of halogens is 1. The summed E-state index contributed by atoms with van der Waals surface area (Å²) in [7, 11) is 0. The molecule has 1 N–H and O–H groups in total. The van der Waals surface area contributed by atoms with Crippen molar-refractivity contribution in [2.75, 3.05) is 12.8 Å². The Balaban J connectivity index is 1.68. The van der Waals surface area contributed by atoms with Gasteiger partial charge in [-0.25, -0.2) is 4.39 Å². The SMILES string of the molecule is CSC(C)CCNC1CC(c2cccc(F)c2)C1. The summed E-state index contributed by atoms with van der Waals surface area (Å²) in [5.41, 5.74) is 1.16. The highest BCUT2D eigenvalue weighted by molar-refractivity contribution is 7.99. The lowest BCUT2D eigenvalue weighted by Crippen LogP contribution is -2.40. The summed E-state index contributed by atoms with van der Waals surface area (Å²) in [6, 6.07) is 7.68. The van der Waals surface area contributed by atoms with E-state index in [1.54, 1.807) is 6.07 Å². The highest BCUT2D eigenvalue weighted by Crippen LogP contribution is 2.36. The second-order valence-corrected chi connectivity index (χ2v) is 6.49. The molecule has 1 saturated carbocycles. The lowest BCUT2D eigenvalue weighted by Gasteiger charge is -2.36. The third kappa shape index (κ3) is 3.72. The summed E-state index contributed by atoms with van der Waals surface area (Å²) in [6.45, 7) is 3.37. The van der Waals surface area contributed by atoms with E-state index in [0.717, 1.165) is 30.2 Å². The Morgan fingerprint density at radius 2 is 2.22 bits per heavy atom. The maximum absolute atomic E-state index is 13.1. The maximum Gasteiger partial charge on any atom is 0.123 e. The molecule has 0 saturated heterocycles. The molecule has 0 heterocycles. The Morgan fingerprint density at radius 1 is 1.44 bits per heavy atom. The molecule has 1 nitrogen and oxygen atoms in total. The van der Waals surface area contributed by atoms with Gasteiger partial charge in [0, 0.05) is 11.3 Å². The lowest BCUT2D eigenvalue weighted by atomic mass is 9.76. The number of nitrogens with one attached hydrogen (secondary N) is 1. The fourth-order valence-electron chi connectivity index (χ4n) is 2.43. The summed E-state index contributed by atoms with van der Waals surface area (Å²) in [4.78, 5) is 0. The largest absolute Gasteiger partial charge is 0.314 e. The first-order valence-electron chi connectivity index (χ1n) is 6.70. The van der Waals surface area contributed by atoms with Gasteiger partial charge in [0.1, 0.15) is 5.82 Å². The van der Waals surface area contributed by atoms with Crippen molar-refractivity contribution in [2.45, 2.75) is 43.4 Å². The van der Waals surface area contributed by atoms with Gasteiger partial charge in [-0.2, -0.15) is 11.8 Å². The van der Waals surface area contributed by atoms with Gasteiger partial charge in [-0.1, -0.05) is 19.1 Å². The van der Waals surface area contributed by atoms with Crippen molar-refractivity contribution in [1.82, 2.24) is 5.32 Å². The highest BCUT2D eigenvalue weighted by atomic mass is 32.2. The minimum Gasteiger partial charge on any atom is -0.314 e. The van der Waals surface area contributed by atoms with Gasteiger partial charge < -0.3 is 5.32 Å². The molecular formula is C15H22FNS. The van der Waals surface area contributed by atoms with E-state index in [4.69, 9.17) is 0 Å². The van der Waals surface area contributed by atoms with E-state index in [9.17, 15) is 4.39 Å². The number of hydrogen-bond acceptors (Lipinski definition) is 2. The van der Waals surface area contributed by atoms with Crippen molar-refractivity contribution < 1.29 is 4.39 Å². The van der Waals surface area contributed by atoms with Crippen LogP contribution in [0.1, 0.15) is 37.7 Å². The van der Waals surface area contributed by atoms with Crippen LogP contribution in [0.3, 0.4) is 0 Å². The molecule has 1 aromatic carbocycles. The molecule has 0 aliphatic heterocycles. The quantitative estimate of drug-likeness (QED) is 0.841. The number of benzene rings is 1. The van der Waals surface area contributed by atoms with Gasteiger partial charge in [0.2, 0.25) is 0 Å². The molecule has 0 bridgehead atoms. The third-order valence-corrected chi connectivity index (χ3v) is 4.88. The van der Waals surface area contributed by atoms with Gasteiger partial charge in [-0.15, -0.1) is 0 Å². The van der Waals surface area contributed by atoms with Crippen LogP contribution in [0.2, 0.25) is 0 Å². The molecule has 0 aromatic heterocycles. The van der Waals surface area contributed by atoms with Gasteiger partial charge in [-0.05, 0) is 55.7 Å². The van der Waals surface area contributed by atoms with Gasteiger partial charge in [0.25, 0.3) is 0 Å². The van der Waals surface area contributed by atoms with E-state index in [1.807, 2.05) is 23.9 Å². The third-order valence-electron chi connectivity index (χ3n) is 3.84. The van der Waals surface area contributed by atoms with Gasteiger partial charge in [0.05, 0.1) is 0 Å². The predicted molar refractivity (Wildman–Crippen MR) is 77.8 cm³/mol. The van der Waals surface area contributed by atoms with Crippen molar-refractivity contribution >= 4 is 11.8 Å². The van der Waals surface area contributed by atoms with Crippen LogP contribution in [0.4, 0.5) is 4.39 Å². The molecule has 1 aliphatic carbocycles. The summed E-state index contributed by atoms with van der Waals surface area (Å²) >= 11 is 1.92. The molecule has 18 heavy (non-hydrogen) atoms. The standard InChI is InChI=1S/C15H22FNS/c1-11(18-2)6-7-17-15-9-13(10-15)12-4-3-5-14(16)8-12/h3-5,8,11,13,15,17H,6-7,9-10H2,1-2H3. The zero-order valence-electron chi connectivity index (χ0n) is 11.2. The van der Waals surface area contributed by atoms with E-state index in [0.29, 0.717) is 12.0 Å². The maximum atomic E-state index is 13.1. The van der Waals surface area contributed by atoms with E-state index in [2.05, 4.69) is 18.5 Å². The number of hydrogen-bond donors (Lipinski definition) is 1. The highest BCUT2D eigenvalue weighted by Gasteiger charge is 2.29. The first-order chi connectivity index (χ1) is 8.69. The topological polar surface area (TPSA) is 12.0 Å². The number of thioether (sulfide) groups is 1. The average Bonchev–Trinajstić information content (AvgIpc) is 2.31.